The number of aromatic nitrogens is 3. The van der Waals surface area contributed by atoms with Crippen LogP contribution in [0, 0.1) is 11.3 Å². The number of carbonyl (C=O) groups is 1. The van der Waals surface area contributed by atoms with Crippen molar-refractivity contribution in [2.24, 2.45) is 18.4 Å². The van der Waals surface area contributed by atoms with Crippen molar-refractivity contribution in [2.75, 3.05) is 19.7 Å². The molecule has 0 unspecified atom stereocenters. The SMILES string of the molecule is Cn1nccc1C(=O)N1C[C@H]2CCC[C@@]2(COc2ccccn2)C1. The monoisotopic (exact) mass is 326 g/mol. The predicted molar refractivity (Wildman–Crippen MR) is 88.6 cm³/mol. The smallest absolute Gasteiger partial charge is 0.272 e. The van der Waals surface area contributed by atoms with Crippen LogP contribution in [0.4, 0.5) is 0 Å². The summed E-state index contributed by atoms with van der Waals surface area (Å²) in [5.74, 6) is 1.24. The third-order valence-electron chi connectivity index (χ3n) is 5.51. The molecule has 6 heteroatoms. The van der Waals surface area contributed by atoms with Crippen molar-refractivity contribution in [1.82, 2.24) is 19.7 Å². The lowest BCUT2D eigenvalue weighted by atomic mass is 9.81. The molecule has 1 saturated carbocycles. The van der Waals surface area contributed by atoms with E-state index in [1.54, 1.807) is 23.1 Å². The first kappa shape index (κ1) is 15.2. The summed E-state index contributed by atoms with van der Waals surface area (Å²) in [4.78, 5) is 19.0. The molecule has 0 radical (unpaired) electrons. The van der Waals surface area contributed by atoms with Gasteiger partial charge in [-0.05, 0) is 30.9 Å². The molecule has 0 spiro atoms. The van der Waals surface area contributed by atoms with Crippen LogP contribution in [-0.2, 0) is 7.05 Å². The van der Waals surface area contributed by atoms with Crippen LogP contribution in [0.3, 0.4) is 0 Å². The van der Waals surface area contributed by atoms with Gasteiger partial charge in [-0.25, -0.2) is 4.98 Å². The first-order valence-electron chi connectivity index (χ1n) is 8.49. The number of ether oxygens (including phenoxy) is 1. The Kier molecular flexibility index (Phi) is 3.75. The molecule has 0 aromatic carbocycles. The number of rotatable bonds is 4. The Morgan fingerprint density at radius 3 is 3.04 bits per heavy atom. The number of likely N-dealkylation sites (tertiary alicyclic amines) is 1. The van der Waals surface area contributed by atoms with Crippen LogP contribution in [0.15, 0.2) is 36.7 Å². The van der Waals surface area contributed by atoms with E-state index >= 15 is 0 Å². The molecule has 24 heavy (non-hydrogen) atoms. The van der Waals surface area contributed by atoms with Gasteiger partial charge in [0.2, 0.25) is 5.88 Å². The van der Waals surface area contributed by atoms with E-state index in [9.17, 15) is 4.79 Å². The fraction of sp³-hybridized carbons (Fsp3) is 0.500. The summed E-state index contributed by atoms with van der Waals surface area (Å²) < 4.78 is 7.62. The molecule has 0 bridgehead atoms. The maximum absolute atomic E-state index is 12.8. The lowest BCUT2D eigenvalue weighted by Gasteiger charge is -2.28. The molecule has 2 fully saturated rings. The lowest BCUT2D eigenvalue weighted by molar-refractivity contribution is 0.0734. The topological polar surface area (TPSA) is 60.2 Å². The molecular formula is C18H22N4O2. The molecule has 1 amide bonds. The van der Waals surface area contributed by atoms with Crippen molar-refractivity contribution in [1.29, 1.82) is 0 Å². The molecular weight excluding hydrogens is 304 g/mol. The number of fused-ring (bicyclic) bond motifs is 1. The van der Waals surface area contributed by atoms with Gasteiger partial charge in [0.25, 0.3) is 5.91 Å². The number of nitrogens with zero attached hydrogens (tertiary/aromatic N) is 4. The first-order valence-corrected chi connectivity index (χ1v) is 8.49. The second kappa shape index (κ2) is 5.92. The van der Waals surface area contributed by atoms with Crippen molar-refractivity contribution in [3.8, 4) is 5.88 Å². The van der Waals surface area contributed by atoms with Crippen molar-refractivity contribution in [3.63, 3.8) is 0 Å². The number of carbonyl (C=O) groups excluding carboxylic acids is 1. The summed E-state index contributed by atoms with van der Waals surface area (Å²) in [6.45, 7) is 2.20. The summed E-state index contributed by atoms with van der Waals surface area (Å²) in [6, 6.07) is 7.48. The van der Waals surface area contributed by atoms with Gasteiger partial charge < -0.3 is 9.64 Å². The highest BCUT2D eigenvalue weighted by atomic mass is 16.5. The van der Waals surface area contributed by atoms with Gasteiger partial charge >= 0.3 is 0 Å². The van der Waals surface area contributed by atoms with E-state index in [2.05, 4.69) is 10.1 Å². The Hall–Kier alpha value is -2.37. The van der Waals surface area contributed by atoms with Crippen molar-refractivity contribution in [2.45, 2.75) is 19.3 Å². The molecule has 126 valence electrons. The summed E-state index contributed by atoms with van der Waals surface area (Å²) in [5.41, 5.74) is 0.710. The van der Waals surface area contributed by atoms with Gasteiger partial charge in [-0.1, -0.05) is 12.5 Å². The van der Waals surface area contributed by atoms with E-state index in [0.29, 0.717) is 24.1 Å². The van der Waals surface area contributed by atoms with Crippen LogP contribution in [0.1, 0.15) is 29.8 Å². The van der Waals surface area contributed by atoms with Crippen molar-refractivity contribution >= 4 is 5.91 Å². The molecule has 1 saturated heterocycles. The van der Waals surface area contributed by atoms with Gasteiger partial charge in [-0.15, -0.1) is 0 Å². The molecule has 2 aliphatic rings. The maximum atomic E-state index is 12.8. The van der Waals surface area contributed by atoms with E-state index in [0.717, 1.165) is 19.5 Å². The summed E-state index contributed by atoms with van der Waals surface area (Å²) in [5, 5.41) is 4.11. The number of aryl methyl sites for hydroxylation is 1. The zero-order valence-electron chi connectivity index (χ0n) is 13.9. The normalized spacial score (nSPS) is 25.7. The Morgan fingerprint density at radius 2 is 2.29 bits per heavy atom. The van der Waals surface area contributed by atoms with Gasteiger partial charge in [-0.2, -0.15) is 5.10 Å². The molecule has 6 nitrogen and oxygen atoms in total. The van der Waals surface area contributed by atoms with E-state index in [1.807, 2.05) is 30.1 Å². The van der Waals surface area contributed by atoms with Gasteiger partial charge in [0.05, 0.1) is 6.61 Å². The van der Waals surface area contributed by atoms with Gasteiger partial charge in [0, 0.05) is 44.0 Å². The average Bonchev–Trinajstić information content (AvgIpc) is 3.27. The predicted octanol–water partition coefficient (Wildman–Crippen LogP) is 2.14. The fourth-order valence-corrected chi connectivity index (χ4v) is 4.20. The molecule has 2 aromatic heterocycles. The third kappa shape index (κ3) is 2.56. The molecule has 3 heterocycles. The van der Waals surface area contributed by atoms with Gasteiger partial charge in [0.1, 0.15) is 5.69 Å². The molecule has 4 rings (SSSR count). The van der Waals surface area contributed by atoms with Crippen LogP contribution in [-0.4, -0.2) is 45.3 Å². The zero-order valence-corrected chi connectivity index (χ0v) is 13.9. The maximum Gasteiger partial charge on any atom is 0.272 e. The Morgan fingerprint density at radius 1 is 1.38 bits per heavy atom. The zero-order chi connectivity index (χ0) is 16.6. The minimum atomic E-state index is 0.0613. The van der Waals surface area contributed by atoms with Crippen molar-refractivity contribution < 1.29 is 9.53 Å². The highest BCUT2D eigenvalue weighted by molar-refractivity contribution is 5.92. The molecule has 1 aliphatic carbocycles. The summed E-state index contributed by atoms with van der Waals surface area (Å²) in [6.07, 6.45) is 6.90. The second-order valence-electron chi connectivity index (χ2n) is 6.93. The molecule has 0 N–H and O–H groups in total. The van der Waals surface area contributed by atoms with Gasteiger partial charge in [-0.3, -0.25) is 9.48 Å². The van der Waals surface area contributed by atoms with E-state index in [-0.39, 0.29) is 11.3 Å². The Bertz CT molecular complexity index is 730. The van der Waals surface area contributed by atoms with E-state index in [4.69, 9.17) is 4.74 Å². The second-order valence-corrected chi connectivity index (χ2v) is 6.93. The number of hydrogen-bond donors (Lipinski definition) is 0. The third-order valence-corrected chi connectivity index (χ3v) is 5.51. The molecule has 2 aromatic rings. The largest absolute Gasteiger partial charge is 0.477 e. The minimum Gasteiger partial charge on any atom is -0.477 e. The number of amides is 1. The highest BCUT2D eigenvalue weighted by Gasteiger charge is 2.51. The van der Waals surface area contributed by atoms with Crippen molar-refractivity contribution in [3.05, 3.63) is 42.4 Å². The quantitative estimate of drug-likeness (QED) is 0.864. The van der Waals surface area contributed by atoms with Crippen LogP contribution < -0.4 is 4.74 Å². The molecule has 2 atom stereocenters. The minimum absolute atomic E-state index is 0.0613. The van der Waals surface area contributed by atoms with Crippen LogP contribution in [0.25, 0.3) is 0 Å². The molecule has 1 aliphatic heterocycles. The highest BCUT2D eigenvalue weighted by Crippen LogP contribution is 2.49. The number of pyridine rings is 1. The lowest BCUT2D eigenvalue weighted by Crippen LogP contribution is -2.36. The summed E-state index contributed by atoms with van der Waals surface area (Å²) >= 11 is 0. The van der Waals surface area contributed by atoms with E-state index in [1.165, 1.54) is 12.8 Å². The average molecular weight is 326 g/mol. The van der Waals surface area contributed by atoms with Crippen LogP contribution >= 0.6 is 0 Å². The summed E-state index contributed by atoms with van der Waals surface area (Å²) in [7, 11) is 1.81. The standard InChI is InChI=1S/C18H22N4O2/c1-21-15(7-10-20-21)17(23)22-11-14-5-4-8-18(14,12-22)13-24-16-6-2-3-9-19-16/h2-3,6-7,9-10,14H,4-5,8,11-13H2,1H3/t14-,18+/m1/s1. The Labute approximate surface area is 141 Å². The van der Waals surface area contributed by atoms with Gasteiger partial charge in [0.15, 0.2) is 0 Å². The van der Waals surface area contributed by atoms with Crippen LogP contribution in [0.2, 0.25) is 0 Å². The fourth-order valence-electron chi connectivity index (χ4n) is 4.20. The van der Waals surface area contributed by atoms with Crippen LogP contribution in [0.5, 0.6) is 5.88 Å². The number of hydrogen-bond acceptors (Lipinski definition) is 4. The first-order chi connectivity index (χ1) is 11.7. The Balaban J connectivity index is 1.49. The van der Waals surface area contributed by atoms with E-state index < -0.39 is 0 Å².